The van der Waals surface area contributed by atoms with Gasteiger partial charge in [-0.15, -0.1) is 0 Å². The predicted molar refractivity (Wildman–Crippen MR) is 58.5 cm³/mol. The van der Waals surface area contributed by atoms with E-state index in [-0.39, 0.29) is 12.0 Å². The first-order valence-corrected chi connectivity index (χ1v) is 6.09. The highest BCUT2D eigenvalue weighted by Gasteiger charge is 2.32. The topological polar surface area (TPSA) is 29.5 Å². The summed E-state index contributed by atoms with van der Waals surface area (Å²) in [7, 11) is 0. The Hall–Kier alpha value is -0.570. The van der Waals surface area contributed by atoms with E-state index in [1.54, 1.807) is 0 Å². The second-order valence-electron chi connectivity index (χ2n) is 5.05. The van der Waals surface area contributed by atoms with Crippen molar-refractivity contribution in [2.24, 2.45) is 11.8 Å². The fourth-order valence-electron chi connectivity index (χ4n) is 2.42. The number of amides is 1. The molecule has 3 nitrogen and oxygen atoms in total. The van der Waals surface area contributed by atoms with Crippen LogP contribution in [-0.4, -0.2) is 36.6 Å². The molecule has 0 aromatic carbocycles. The third-order valence-electron chi connectivity index (χ3n) is 3.77. The van der Waals surface area contributed by atoms with Crippen LogP contribution in [-0.2, 0) is 9.53 Å². The molecule has 2 aliphatic rings. The van der Waals surface area contributed by atoms with E-state index in [0.717, 1.165) is 50.8 Å². The van der Waals surface area contributed by atoms with Crippen molar-refractivity contribution in [1.29, 1.82) is 0 Å². The maximum atomic E-state index is 11.9. The van der Waals surface area contributed by atoms with Crippen LogP contribution in [0.5, 0.6) is 0 Å². The number of nitrogens with zero attached hydrogens (tertiary/aromatic N) is 1. The van der Waals surface area contributed by atoms with Gasteiger partial charge in [-0.1, -0.05) is 13.8 Å². The molecule has 1 amide bonds. The summed E-state index contributed by atoms with van der Waals surface area (Å²) in [6.07, 6.45) is 3.13. The largest absolute Gasteiger partial charge is 0.368 e. The summed E-state index contributed by atoms with van der Waals surface area (Å²) in [6, 6.07) is 0. The normalized spacial score (nSPS) is 27.9. The maximum absolute atomic E-state index is 11.9. The minimum atomic E-state index is -0.111. The Morgan fingerprint density at radius 3 is 2.27 bits per heavy atom. The molecule has 0 radical (unpaired) electrons. The van der Waals surface area contributed by atoms with E-state index in [9.17, 15) is 4.79 Å². The Balaban J connectivity index is 1.79. The van der Waals surface area contributed by atoms with Gasteiger partial charge < -0.3 is 9.64 Å². The number of carbonyl (C=O) groups excluding carboxylic acids is 1. The van der Waals surface area contributed by atoms with Gasteiger partial charge in [-0.05, 0) is 24.7 Å². The van der Waals surface area contributed by atoms with Gasteiger partial charge >= 0.3 is 0 Å². The average Bonchev–Trinajstić information content (AvgIpc) is 2.15. The standard InChI is InChI=1S/C12H21NO2/c1-9(2)10-3-6-13(7-4-10)12(14)11-5-8-15-11/h9-11H,3-8H2,1-2H3/t11-/m0/s1. The van der Waals surface area contributed by atoms with Crippen molar-refractivity contribution in [2.45, 2.75) is 39.2 Å². The highest BCUT2D eigenvalue weighted by Crippen LogP contribution is 2.26. The number of piperidine rings is 1. The molecule has 2 aliphatic heterocycles. The van der Waals surface area contributed by atoms with Crippen LogP contribution >= 0.6 is 0 Å². The molecule has 2 rings (SSSR count). The number of rotatable bonds is 2. The number of hydrogen-bond acceptors (Lipinski definition) is 2. The van der Waals surface area contributed by atoms with E-state index in [0.29, 0.717) is 0 Å². The summed E-state index contributed by atoms with van der Waals surface area (Å²) in [4.78, 5) is 13.8. The van der Waals surface area contributed by atoms with Crippen molar-refractivity contribution in [2.75, 3.05) is 19.7 Å². The molecule has 86 valence electrons. The fraction of sp³-hybridized carbons (Fsp3) is 0.917. The summed E-state index contributed by atoms with van der Waals surface area (Å²) >= 11 is 0. The Kier molecular flexibility index (Phi) is 3.29. The van der Waals surface area contributed by atoms with Crippen LogP contribution in [0.3, 0.4) is 0 Å². The lowest BCUT2D eigenvalue weighted by molar-refractivity contribution is -0.157. The highest BCUT2D eigenvalue weighted by molar-refractivity contribution is 5.81. The minimum absolute atomic E-state index is 0.111. The monoisotopic (exact) mass is 211 g/mol. The number of likely N-dealkylation sites (tertiary alicyclic amines) is 1. The Morgan fingerprint density at radius 2 is 1.87 bits per heavy atom. The fourth-order valence-corrected chi connectivity index (χ4v) is 2.42. The van der Waals surface area contributed by atoms with Crippen LogP contribution < -0.4 is 0 Å². The molecule has 0 N–H and O–H groups in total. The first-order valence-electron chi connectivity index (χ1n) is 6.09. The smallest absolute Gasteiger partial charge is 0.251 e. The molecule has 0 aromatic heterocycles. The van der Waals surface area contributed by atoms with Crippen molar-refractivity contribution in [3.05, 3.63) is 0 Å². The lowest BCUT2D eigenvalue weighted by atomic mass is 9.86. The second kappa shape index (κ2) is 4.52. The highest BCUT2D eigenvalue weighted by atomic mass is 16.5. The van der Waals surface area contributed by atoms with Crippen LogP contribution in [0.2, 0.25) is 0 Å². The van der Waals surface area contributed by atoms with E-state index in [4.69, 9.17) is 4.74 Å². The summed E-state index contributed by atoms with van der Waals surface area (Å²) in [6.45, 7) is 7.18. The molecule has 0 saturated carbocycles. The lowest BCUT2D eigenvalue weighted by Gasteiger charge is -2.37. The SMILES string of the molecule is CC(C)C1CCN(C(=O)[C@@H]2CCO2)CC1. The van der Waals surface area contributed by atoms with Gasteiger partial charge in [0, 0.05) is 19.5 Å². The number of ether oxygens (including phenoxy) is 1. The summed E-state index contributed by atoms with van der Waals surface area (Å²) < 4.78 is 5.23. The molecule has 15 heavy (non-hydrogen) atoms. The Bertz CT molecular complexity index is 228. The molecular weight excluding hydrogens is 190 g/mol. The zero-order chi connectivity index (χ0) is 10.8. The summed E-state index contributed by atoms with van der Waals surface area (Å²) in [5.41, 5.74) is 0. The Morgan fingerprint density at radius 1 is 1.27 bits per heavy atom. The van der Waals surface area contributed by atoms with Crippen molar-refractivity contribution >= 4 is 5.91 Å². The molecule has 2 saturated heterocycles. The van der Waals surface area contributed by atoms with E-state index in [1.165, 1.54) is 0 Å². The minimum Gasteiger partial charge on any atom is -0.368 e. The molecule has 0 bridgehead atoms. The van der Waals surface area contributed by atoms with Gasteiger partial charge in [-0.2, -0.15) is 0 Å². The first kappa shape index (κ1) is 10.9. The first-order chi connectivity index (χ1) is 7.18. The van der Waals surface area contributed by atoms with E-state index in [2.05, 4.69) is 13.8 Å². The van der Waals surface area contributed by atoms with Gasteiger partial charge in [0.2, 0.25) is 0 Å². The molecule has 2 heterocycles. The molecular formula is C12H21NO2. The van der Waals surface area contributed by atoms with Gasteiger partial charge in [0.25, 0.3) is 5.91 Å². The average molecular weight is 211 g/mol. The van der Waals surface area contributed by atoms with Gasteiger partial charge in [-0.25, -0.2) is 0 Å². The molecule has 0 spiro atoms. The van der Waals surface area contributed by atoms with Gasteiger partial charge in [0.15, 0.2) is 0 Å². The van der Waals surface area contributed by atoms with Crippen LogP contribution in [0.15, 0.2) is 0 Å². The third kappa shape index (κ3) is 2.33. The van der Waals surface area contributed by atoms with Crippen LogP contribution in [0.4, 0.5) is 0 Å². The lowest BCUT2D eigenvalue weighted by Crippen LogP contribution is -2.48. The quantitative estimate of drug-likeness (QED) is 0.695. The predicted octanol–water partition coefficient (Wildman–Crippen LogP) is 1.67. The molecule has 1 atom stereocenters. The van der Waals surface area contributed by atoms with E-state index in [1.807, 2.05) is 4.90 Å². The molecule has 0 unspecified atom stereocenters. The van der Waals surface area contributed by atoms with Gasteiger partial charge in [0.1, 0.15) is 6.10 Å². The zero-order valence-corrected chi connectivity index (χ0v) is 9.74. The molecule has 0 aromatic rings. The summed E-state index contributed by atoms with van der Waals surface area (Å²) in [5.74, 6) is 1.78. The zero-order valence-electron chi connectivity index (χ0n) is 9.74. The van der Waals surface area contributed by atoms with E-state index < -0.39 is 0 Å². The molecule has 3 heteroatoms. The maximum Gasteiger partial charge on any atom is 0.251 e. The second-order valence-corrected chi connectivity index (χ2v) is 5.05. The van der Waals surface area contributed by atoms with Crippen LogP contribution in [0, 0.1) is 11.8 Å². The van der Waals surface area contributed by atoms with Gasteiger partial charge in [-0.3, -0.25) is 4.79 Å². The molecule has 0 aliphatic carbocycles. The third-order valence-corrected chi connectivity index (χ3v) is 3.77. The summed E-state index contributed by atoms with van der Waals surface area (Å²) in [5, 5.41) is 0. The van der Waals surface area contributed by atoms with Crippen molar-refractivity contribution in [1.82, 2.24) is 4.90 Å². The van der Waals surface area contributed by atoms with Crippen LogP contribution in [0.1, 0.15) is 33.1 Å². The van der Waals surface area contributed by atoms with Crippen molar-refractivity contribution < 1.29 is 9.53 Å². The Labute approximate surface area is 91.8 Å². The van der Waals surface area contributed by atoms with Crippen LogP contribution in [0.25, 0.3) is 0 Å². The van der Waals surface area contributed by atoms with E-state index >= 15 is 0 Å². The number of carbonyl (C=O) groups is 1. The molecule has 2 fully saturated rings. The van der Waals surface area contributed by atoms with Gasteiger partial charge in [0.05, 0.1) is 6.61 Å². The number of hydrogen-bond donors (Lipinski definition) is 0. The van der Waals surface area contributed by atoms with Crippen molar-refractivity contribution in [3.63, 3.8) is 0 Å². The van der Waals surface area contributed by atoms with Crippen molar-refractivity contribution in [3.8, 4) is 0 Å².